The van der Waals surface area contributed by atoms with Crippen molar-refractivity contribution >= 4 is 17.5 Å². The van der Waals surface area contributed by atoms with Crippen LogP contribution in [0.3, 0.4) is 0 Å². The first kappa shape index (κ1) is 22.2. The average Bonchev–Trinajstić information content (AvgIpc) is 3.31. The fourth-order valence-electron chi connectivity index (χ4n) is 4.38. The molecule has 2 amide bonds. The maximum Gasteiger partial charge on any atom is 0.259 e. The lowest BCUT2D eigenvalue weighted by Crippen LogP contribution is -2.41. The molecule has 0 spiro atoms. The van der Waals surface area contributed by atoms with Crippen molar-refractivity contribution in [2.45, 2.75) is 38.5 Å². The lowest BCUT2D eigenvalue weighted by atomic mass is 10.1. The smallest absolute Gasteiger partial charge is 0.259 e. The van der Waals surface area contributed by atoms with Gasteiger partial charge < -0.3 is 15.0 Å². The summed E-state index contributed by atoms with van der Waals surface area (Å²) in [6.07, 6.45) is 6.07. The summed E-state index contributed by atoms with van der Waals surface area (Å²) in [6.45, 7) is 5.75. The largest absolute Gasteiger partial charge is 0.497 e. The van der Waals surface area contributed by atoms with Crippen LogP contribution in [0.25, 0.3) is 0 Å². The topological polar surface area (TPSA) is 87.7 Å². The highest BCUT2D eigenvalue weighted by molar-refractivity contribution is 6.04. The third kappa shape index (κ3) is 5.24. The quantitative estimate of drug-likeness (QED) is 0.748. The van der Waals surface area contributed by atoms with Gasteiger partial charge in [-0.2, -0.15) is 0 Å². The average molecular weight is 438 g/mol. The van der Waals surface area contributed by atoms with Crippen molar-refractivity contribution in [3.05, 3.63) is 47.5 Å². The molecule has 0 saturated carbocycles. The second kappa shape index (κ2) is 10.1. The van der Waals surface area contributed by atoms with Gasteiger partial charge in [-0.1, -0.05) is 6.42 Å². The summed E-state index contributed by atoms with van der Waals surface area (Å²) in [6, 6.07) is 7.16. The lowest BCUT2D eigenvalue weighted by Gasteiger charge is -2.27. The van der Waals surface area contributed by atoms with Crippen molar-refractivity contribution in [2.75, 3.05) is 45.2 Å². The molecule has 1 aromatic heterocycles. The Hall–Kier alpha value is -3.00. The Morgan fingerprint density at radius 1 is 1.12 bits per heavy atom. The molecule has 8 heteroatoms. The van der Waals surface area contributed by atoms with E-state index in [0.29, 0.717) is 35.9 Å². The van der Waals surface area contributed by atoms with Gasteiger partial charge in [-0.15, -0.1) is 0 Å². The zero-order valence-corrected chi connectivity index (χ0v) is 18.8. The van der Waals surface area contributed by atoms with E-state index in [-0.39, 0.29) is 17.7 Å². The van der Waals surface area contributed by atoms with Gasteiger partial charge in [0.25, 0.3) is 5.91 Å². The molecule has 1 aromatic carbocycles. The first-order chi connectivity index (χ1) is 15.5. The molecular weight excluding hydrogens is 406 g/mol. The SMILES string of the molecule is COc1ccc(NC(=O)c2cnc(C3CCN(C(=O)CN4CCCCC4)C3)nc2C)cc1. The molecule has 3 heterocycles. The Morgan fingerprint density at radius 2 is 1.88 bits per heavy atom. The summed E-state index contributed by atoms with van der Waals surface area (Å²) in [5.41, 5.74) is 1.76. The van der Waals surface area contributed by atoms with Crippen LogP contribution in [-0.4, -0.2) is 71.4 Å². The maximum atomic E-state index is 12.7. The standard InChI is InChI=1S/C24H31N5O3/c1-17-21(24(31)27-19-6-8-20(32-2)9-7-19)14-25-23(26-17)18-10-13-29(15-18)22(30)16-28-11-4-3-5-12-28/h6-9,14,18H,3-5,10-13,15-16H2,1-2H3,(H,27,31). The molecule has 1 unspecified atom stereocenters. The van der Waals surface area contributed by atoms with Crippen molar-refractivity contribution in [3.63, 3.8) is 0 Å². The Morgan fingerprint density at radius 3 is 2.56 bits per heavy atom. The number of ether oxygens (including phenoxy) is 1. The summed E-state index contributed by atoms with van der Waals surface area (Å²) in [5.74, 6) is 1.49. The van der Waals surface area contributed by atoms with Crippen LogP contribution >= 0.6 is 0 Å². The number of nitrogens with zero attached hydrogens (tertiary/aromatic N) is 4. The number of methoxy groups -OCH3 is 1. The number of piperidine rings is 1. The molecule has 0 radical (unpaired) electrons. The number of hydrogen-bond acceptors (Lipinski definition) is 6. The van der Waals surface area contributed by atoms with E-state index in [1.54, 1.807) is 37.6 Å². The number of benzene rings is 1. The van der Waals surface area contributed by atoms with Crippen LogP contribution in [0, 0.1) is 6.92 Å². The number of carbonyl (C=O) groups is 2. The number of carbonyl (C=O) groups excluding carboxylic acids is 2. The van der Waals surface area contributed by atoms with E-state index in [1.165, 1.54) is 19.3 Å². The fourth-order valence-corrected chi connectivity index (χ4v) is 4.38. The van der Waals surface area contributed by atoms with Gasteiger partial charge >= 0.3 is 0 Å². The molecule has 2 aliphatic rings. The molecule has 0 aliphatic carbocycles. The van der Waals surface area contributed by atoms with Crippen LogP contribution in [0.2, 0.25) is 0 Å². The number of nitrogens with one attached hydrogen (secondary N) is 1. The highest BCUT2D eigenvalue weighted by Crippen LogP contribution is 2.26. The van der Waals surface area contributed by atoms with Crippen LogP contribution < -0.4 is 10.1 Å². The first-order valence-corrected chi connectivity index (χ1v) is 11.3. The number of anilines is 1. The molecule has 1 atom stereocenters. The highest BCUT2D eigenvalue weighted by atomic mass is 16.5. The zero-order valence-electron chi connectivity index (χ0n) is 18.8. The minimum absolute atomic E-state index is 0.109. The lowest BCUT2D eigenvalue weighted by molar-refractivity contribution is -0.131. The van der Waals surface area contributed by atoms with Gasteiger partial charge in [0.1, 0.15) is 11.6 Å². The van der Waals surface area contributed by atoms with Gasteiger partial charge in [0.05, 0.1) is 24.9 Å². The number of likely N-dealkylation sites (tertiary alicyclic amines) is 2. The minimum atomic E-state index is -0.246. The third-order valence-corrected chi connectivity index (χ3v) is 6.30. The van der Waals surface area contributed by atoms with Crippen LogP contribution in [0.4, 0.5) is 5.69 Å². The summed E-state index contributed by atoms with van der Waals surface area (Å²) < 4.78 is 5.14. The molecule has 170 valence electrons. The van der Waals surface area contributed by atoms with Crippen molar-refractivity contribution < 1.29 is 14.3 Å². The van der Waals surface area contributed by atoms with Gasteiger partial charge in [0, 0.05) is 30.9 Å². The van der Waals surface area contributed by atoms with E-state index in [1.807, 2.05) is 11.8 Å². The van der Waals surface area contributed by atoms with Gasteiger partial charge in [-0.3, -0.25) is 14.5 Å². The first-order valence-electron chi connectivity index (χ1n) is 11.3. The van der Waals surface area contributed by atoms with Gasteiger partial charge in [0.15, 0.2) is 0 Å². The van der Waals surface area contributed by atoms with Gasteiger partial charge in [-0.05, 0) is 63.5 Å². The Balaban J connectivity index is 1.35. The van der Waals surface area contributed by atoms with E-state index < -0.39 is 0 Å². The van der Waals surface area contributed by atoms with E-state index in [4.69, 9.17) is 4.74 Å². The van der Waals surface area contributed by atoms with Crippen molar-refractivity contribution in [2.24, 2.45) is 0 Å². The molecular formula is C24H31N5O3. The molecule has 2 saturated heterocycles. The molecule has 1 N–H and O–H groups in total. The van der Waals surface area contributed by atoms with Crippen LogP contribution in [-0.2, 0) is 4.79 Å². The number of aromatic nitrogens is 2. The van der Waals surface area contributed by atoms with E-state index in [0.717, 1.165) is 31.8 Å². The Kier molecular flexibility index (Phi) is 6.99. The molecule has 32 heavy (non-hydrogen) atoms. The van der Waals surface area contributed by atoms with Gasteiger partial charge in [-0.25, -0.2) is 9.97 Å². The van der Waals surface area contributed by atoms with E-state index >= 15 is 0 Å². The number of rotatable bonds is 6. The third-order valence-electron chi connectivity index (χ3n) is 6.30. The highest BCUT2D eigenvalue weighted by Gasteiger charge is 2.30. The maximum absolute atomic E-state index is 12.7. The van der Waals surface area contributed by atoms with Crippen LogP contribution in [0.5, 0.6) is 5.75 Å². The van der Waals surface area contributed by atoms with E-state index in [9.17, 15) is 9.59 Å². The van der Waals surface area contributed by atoms with Crippen LogP contribution in [0.1, 0.15) is 53.5 Å². The number of hydrogen-bond donors (Lipinski definition) is 1. The predicted octanol–water partition coefficient (Wildman–Crippen LogP) is 2.85. The normalized spacial score (nSPS) is 19.1. The van der Waals surface area contributed by atoms with E-state index in [2.05, 4.69) is 20.2 Å². The molecule has 0 bridgehead atoms. The second-order valence-electron chi connectivity index (χ2n) is 8.57. The van der Waals surface area contributed by atoms with Crippen molar-refractivity contribution in [3.8, 4) is 5.75 Å². The summed E-state index contributed by atoms with van der Waals surface area (Å²) in [5, 5.41) is 2.87. The summed E-state index contributed by atoms with van der Waals surface area (Å²) >= 11 is 0. The minimum Gasteiger partial charge on any atom is -0.497 e. The Bertz CT molecular complexity index is 957. The second-order valence-corrected chi connectivity index (χ2v) is 8.57. The molecule has 2 aromatic rings. The predicted molar refractivity (Wildman–Crippen MR) is 122 cm³/mol. The summed E-state index contributed by atoms with van der Waals surface area (Å²) in [7, 11) is 1.60. The monoisotopic (exact) mass is 437 g/mol. The van der Waals surface area contributed by atoms with Crippen molar-refractivity contribution in [1.29, 1.82) is 0 Å². The fraction of sp³-hybridized carbons (Fsp3) is 0.500. The molecule has 2 fully saturated rings. The van der Waals surface area contributed by atoms with Gasteiger partial charge in [0.2, 0.25) is 5.91 Å². The molecule has 8 nitrogen and oxygen atoms in total. The number of aryl methyl sites for hydroxylation is 1. The Labute approximate surface area is 189 Å². The van der Waals surface area contributed by atoms with Crippen molar-refractivity contribution in [1.82, 2.24) is 19.8 Å². The van der Waals surface area contributed by atoms with Crippen LogP contribution in [0.15, 0.2) is 30.5 Å². The zero-order chi connectivity index (χ0) is 22.5. The molecule has 4 rings (SSSR count). The number of amides is 2. The summed E-state index contributed by atoms with van der Waals surface area (Å²) in [4.78, 5) is 38.7. The molecule has 2 aliphatic heterocycles.